The molecular formula is C15H11FN2O2S. The molecule has 3 aromatic rings. The summed E-state index contributed by atoms with van der Waals surface area (Å²) >= 11 is 1.37. The van der Waals surface area contributed by atoms with Gasteiger partial charge in [-0.05, 0) is 36.4 Å². The summed E-state index contributed by atoms with van der Waals surface area (Å²) in [5.74, 6) is -0.334. The molecule has 0 amide bonds. The Morgan fingerprint density at radius 1 is 1.05 bits per heavy atom. The maximum absolute atomic E-state index is 12.8. The molecule has 3 rings (SSSR count). The molecule has 0 radical (unpaired) electrons. The Labute approximate surface area is 124 Å². The lowest BCUT2D eigenvalue weighted by molar-refractivity contribution is 0.452. The van der Waals surface area contributed by atoms with Gasteiger partial charge >= 0.3 is 0 Å². The van der Waals surface area contributed by atoms with Gasteiger partial charge in [-0.15, -0.1) is 11.3 Å². The third-order valence-corrected chi connectivity index (χ3v) is 3.61. The van der Waals surface area contributed by atoms with Crippen LogP contribution in [0.1, 0.15) is 0 Å². The van der Waals surface area contributed by atoms with Gasteiger partial charge in [0.1, 0.15) is 17.3 Å². The summed E-state index contributed by atoms with van der Waals surface area (Å²) in [6, 6.07) is 10.3. The van der Waals surface area contributed by atoms with Crippen LogP contribution in [0.5, 0.6) is 11.5 Å². The average molecular weight is 302 g/mol. The molecule has 0 fully saturated rings. The van der Waals surface area contributed by atoms with Crippen molar-refractivity contribution < 1.29 is 14.6 Å². The van der Waals surface area contributed by atoms with E-state index in [2.05, 4.69) is 10.3 Å². The van der Waals surface area contributed by atoms with Gasteiger partial charge < -0.3 is 15.5 Å². The highest BCUT2D eigenvalue weighted by atomic mass is 32.1. The van der Waals surface area contributed by atoms with E-state index in [0.29, 0.717) is 16.4 Å². The van der Waals surface area contributed by atoms with Crippen molar-refractivity contribution in [2.24, 2.45) is 0 Å². The maximum Gasteiger partial charge on any atom is 0.187 e. The molecule has 0 unspecified atom stereocenters. The molecule has 0 aliphatic heterocycles. The van der Waals surface area contributed by atoms with Gasteiger partial charge in [-0.25, -0.2) is 9.37 Å². The number of hydrogen-bond donors (Lipinski definition) is 3. The molecule has 0 aliphatic carbocycles. The molecule has 4 nitrogen and oxygen atoms in total. The summed E-state index contributed by atoms with van der Waals surface area (Å²) in [5.41, 5.74) is 1.87. The van der Waals surface area contributed by atoms with Crippen molar-refractivity contribution in [2.45, 2.75) is 0 Å². The van der Waals surface area contributed by atoms with Gasteiger partial charge in [-0.2, -0.15) is 0 Å². The van der Waals surface area contributed by atoms with Gasteiger partial charge in [0, 0.05) is 22.7 Å². The first-order valence-corrected chi connectivity index (χ1v) is 7.00. The van der Waals surface area contributed by atoms with Crippen LogP contribution in [0.4, 0.5) is 15.2 Å². The smallest absolute Gasteiger partial charge is 0.187 e. The number of phenols is 2. The van der Waals surface area contributed by atoms with E-state index >= 15 is 0 Å². The van der Waals surface area contributed by atoms with E-state index in [1.54, 1.807) is 23.6 Å². The fraction of sp³-hybridized carbons (Fsp3) is 0. The summed E-state index contributed by atoms with van der Waals surface area (Å²) in [5, 5.41) is 24.6. The number of halogens is 1. The van der Waals surface area contributed by atoms with Gasteiger partial charge in [0.15, 0.2) is 5.13 Å². The Kier molecular flexibility index (Phi) is 3.45. The normalized spacial score (nSPS) is 10.5. The number of nitrogens with one attached hydrogen (secondary N) is 1. The highest BCUT2D eigenvalue weighted by molar-refractivity contribution is 7.14. The summed E-state index contributed by atoms with van der Waals surface area (Å²) in [6.45, 7) is 0. The third kappa shape index (κ3) is 2.95. The second-order valence-electron chi connectivity index (χ2n) is 4.37. The Hall–Kier alpha value is -2.60. The lowest BCUT2D eigenvalue weighted by Gasteiger charge is -2.03. The van der Waals surface area contributed by atoms with Crippen LogP contribution < -0.4 is 5.32 Å². The Morgan fingerprint density at radius 3 is 2.52 bits per heavy atom. The number of aromatic hydroxyl groups is 2. The second-order valence-corrected chi connectivity index (χ2v) is 5.23. The molecule has 0 bridgehead atoms. The van der Waals surface area contributed by atoms with E-state index in [4.69, 9.17) is 0 Å². The quantitative estimate of drug-likeness (QED) is 0.681. The van der Waals surface area contributed by atoms with Crippen LogP contribution >= 0.6 is 11.3 Å². The van der Waals surface area contributed by atoms with Crippen molar-refractivity contribution in [3.8, 4) is 22.8 Å². The van der Waals surface area contributed by atoms with Crippen molar-refractivity contribution in [1.29, 1.82) is 0 Å². The largest absolute Gasteiger partial charge is 0.508 e. The molecule has 1 aromatic heterocycles. The van der Waals surface area contributed by atoms with E-state index in [1.165, 1.54) is 35.6 Å². The topological polar surface area (TPSA) is 65.4 Å². The minimum atomic E-state index is -0.297. The van der Waals surface area contributed by atoms with E-state index in [9.17, 15) is 14.6 Å². The van der Waals surface area contributed by atoms with Crippen LogP contribution in [0.15, 0.2) is 47.8 Å². The summed E-state index contributed by atoms with van der Waals surface area (Å²) in [7, 11) is 0. The number of phenolic OH excluding ortho intramolecular Hbond substituents is 2. The highest BCUT2D eigenvalue weighted by Crippen LogP contribution is 2.34. The molecule has 0 saturated heterocycles. The lowest BCUT2D eigenvalue weighted by Crippen LogP contribution is -1.89. The van der Waals surface area contributed by atoms with E-state index in [1.807, 2.05) is 0 Å². The molecule has 0 spiro atoms. The predicted molar refractivity (Wildman–Crippen MR) is 80.6 cm³/mol. The zero-order valence-corrected chi connectivity index (χ0v) is 11.6. The summed E-state index contributed by atoms with van der Waals surface area (Å²) in [4.78, 5) is 4.36. The fourth-order valence-electron chi connectivity index (χ4n) is 1.85. The SMILES string of the molecule is Oc1ccc(-c2csc(Nc3ccc(F)cc3)n2)c(O)c1. The lowest BCUT2D eigenvalue weighted by atomic mass is 10.1. The van der Waals surface area contributed by atoms with Gasteiger partial charge in [-0.3, -0.25) is 0 Å². The number of anilines is 2. The molecule has 3 N–H and O–H groups in total. The standard InChI is InChI=1S/C15H11FN2O2S/c16-9-1-3-10(4-2-9)17-15-18-13(8-21-15)12-6-5-11(19)7-14(12)20/h1-8,19-20H,(H,17,18). The van der Waals surface area contributed by atoms with Crippen molar-refractivity contribution in [3.63, 3.8) is 0 Å². The molecule has 106 valence electrons. The van der Waals surface area contributed by atoms with Crippen molar-refractivity contribution in [1.82, 2.24) is 4.98 Å². The minimum absolute atomic E-state index is 0.00357. The van der Waals surface area contributed by atoms with Crippen LogP contribution in [0, 0.1) is 5.82 Å². The number of aromatic nitrogens is 1. The molecule has 6 heteroatoms. The molecule has 0 atom stereocenters. The molecular weight excluding hydrogens is 291 g/mol. The first-order valence-electron chi connectivity index (χ1n) is 6.12. The van der Waals surface area contributed by atoms with E-state index in [0.717, 1.165) is 5.69 Å². The van der Waals surface area contributed by atoms with E-state index < -0.39 is 0 Å². The van der Waals surface area contributed by atoms with Crippen LogP contribution in [0.3, 0.4) is 0 Å². The second kappa shape index (κ2) is 5.41. The number of rotatable bonds is 3. The van der Waals surface area contributed by atoms with Crippen LogP contribution in [0.2, 0.25) is 0 Å². The first-order chi connectivity index (χ1) is 10.1. The zero-order chi connectivity index (χ0) is 14.8. The molecule has 21 heavy (non-hydrogen) atoms. The number of thiazole rings is 1. The number of nitrogens with zero attached hydrogens (tertiary/aromatic N) is 1. The van der Waals surface area contributed by atoms with Gasteiger partial charge in [0.25, 0.3) is 0 Å². The molecule has 2 aromatic carbocycles. The van der Waals surface area contributed by atoms with Gasteiger partial charge in [-0.1, -0.05) is 0 Å². The van der Waals surface area contributed by atoms with Crippen LogP contribution in [0.25, 0.3) is 11.3 Å². The zero-order valence-electron chi connectivity index (χ0n) is 10.7. The Morgan fingerprint density at radius 2 is 1.81 bits per heavy atom. The minimum Gasteiger partial charge on any atom is -0.508 e. The first kappa shape index (κ1) is 13.4. The van der Waals surface area contributed by atoms with Crippen LogP contribution in [-0.2, 0) is 0 Å². The molecule has 0 aliphatic rings. The highest BCUT2D eigenvalue weighted by Gasteiger charge is 2.09. The Balaban J connectivity index is 1.84. The number of benzene rings is 2. The van der Waals surface area contributed by atoms with Crippen molar-refractivity contribution in [3.05, 3.63) is 53.7 Å². The molecule has 0 saturated carbocycles. The third-order valence-electron chi connectivity index (χ3n) is 2.86. The number of hydrogen-bond acceptors (Lipinski definition) is 5. The van der Waals surface area contributed by atoms with Gasteiger partial charge in [0.05, 0.1) is 5.69 Å². The van der Waals surface area contributed by atoms with E-state index in [-0.39, 0.29) is 17.3 Å². The average Bonchev–Trinajstić information content (AvgIpc) is 2.90. The fourth-order valence-corrected chi connectivity index (χ4v) is 2.58. The monoisotopic (exact) mass is 302 g/mol. The predicted octanol–water partition coefficient (Wildman–Crippen LogP) is 4.10. The Bertz CT molecular complexity index is 772. The molecule has 1 heterocycles. The van der Waals surface area contributed by atoms with Gasteiger partial charge in [0.2, 0.25) is 0 Å². The summed E-state index contributed by atoms with van der Waals surface area (Å²) in [6.07, 6.45) is 0. The van der Waals surface area contributed by atoms with Crippen LogP contribution in [-0.4, -0.2) is 15.2 Å². The maximum atomic E-state index is 12.8. The van der Waals surface area contributed by atoms with Crippen molar-refractivity contribution >= 4 is 22.2 Å². The van der Waals surface area contributed by atoms with Crippen molar-refractivity contribution in [2.75, 3.05) is 5.32 Å². The summed E-state index contributed by atoms with van der Waals surface area (Å²) < 4.78 is 12.8.